The van der Waals surface area contributed by atoms with Gasteiger partial charge in [0.15, 0.2) is 0 Å². The predicted molar refractivity (Wildman–Crippen MR) is 59.6 cm³/mol. The summed E-state index contributed by atoms with van der Waals surface area (Å²) in [5.41, 5.74) is 3.65. The fourth-order valence-corrected chi connectivity index (χ4v) is 1.70. The van der Waals surface area contributed by atoms with Crippen LogP contribution in [-0.2, 0) is 11.2 Å². The van der Waals surface area contributed by atoms with Crippen molar-refractivity contribution in [3.63, 3.8) is 0 Å². The second-order valence-corrected chi connectivity index (χ2v) is 4.28. The molecule has 0 saturated heterocycles. The van der Waals surface area contributed by atoms with Crippen LogP contribution in [0.25, 0.3) is 0 Å². The van der Waals surface area contributed by atoms with E-state index in [9.17, 15) is 4.79 Å². The van der Waals surface area contributed by atoms with Crippen molar-refractivity contribution in [2.45, 2.75) is 27.2 Å². The van der Waals surface area contributed by atoms with Gasteiger partial charge in [-0.25, -0.2) is 0 Å². The number of carbonyl (C=O) groups excluding carboxylic acids is 1. The molecule has 0 aliphatic heterocycles. The van der Waals surface area contributed by atoms with Gasteiger partial charge in [-0.2, -0.15) is 0 Å². The largest absolute Gasteiger partial charge is 0.281 e. The molecule has 1 aromatic carbocycles. The second-order valence-electron chi connectivity index (χ2n) is 3.91. The van der Waals surface area contributed by atoms with Crippen LogP contribution < -0.4 is 0 Å². The highest BCUT2D eigenvalue weighted by atomic mass is 35.5. The van der Waals surface area contributed by atoms with Crippen LogP contribution in [0.15, 0.2) is 18.2 Å². The van der Waals surface area contributed by atoms with Crippen LogP contribution in [0.2, 0.25) is 0 Å². The van der Waals surface area contributed by atoms with E-state index in [1.165, 1.54) is 16.7 Å². The molecule has 0 fully saturated rings. The van der Waals surface area contributed by atoms with E-state index in [2.05, 4.69) is 32.0 Å². The Morgan fingerprint density at radius 2 is 1.79 bits per heavy atom. The third kappa shape index (κ3) is 3.15. The van der Waals surface area contributed by atoms with Crippen molar-refractivity contribution in [3.8, 4) is 0 Å². The van der Waals surface area contributed by atoms with Gasteiger partial charge in [0.1, 0.15) is 0 Å². The van der Waals surface area contributed by atoms with E-state index < -0.39 is 0 Å². The van der Waals surface area contributed by atoms with Crippen molar-refractivity contribution in [2.24, 2.45) is 5.92 Å². The van der Waals surface area contributed by atoms with Gasteiger partial charge in [0.05, 0.1) is 0 Å². The third-order valence-corrected chi connectivity index (χ3v) is 2.58. The number of aryl methyl sites for hydroxylation is 2. The fraction of sp³-hybridized carbons (Fsp3) is 0.417. The number of rotatable bonds is 3. The van der Waals surface area contributed by atoms with Crippen LogP contribution in [-0.4, -0.2) is 5.24 Å². The van der Waals surface area contributed by atoms with Gasteiger partial charge in [0.25, 0.3) is 0 Å². The van der Waals surface area contributed by atoms with Gasteiger partial charge in [-0.15, -0.1) is 0 Å². The first-order valence-electron chi connectivity index (χ1n) is 4.75. The number of halogens is 1. The Balaban J connectivity index is 2.81. The predicted octanol–water partition coefficient (Wildman–Crippen LogP) is 3.25. The van der Waals surface area contributed by atoms with Crippen molar-refractivity contribution in [1.29, 1.82) is 0 Å². The summed E-state index contributed by atoms with van der Waals surface area (Å²) in [4.78, 5) is 10.9. The molecule has 1 unspecified atom stereocenters. The second kappa shape index (κ2) is 4.61. The van der Waals surface area contributed by atoms with Gasteiger partial charge in [0, 0.05) is 5.92 Å². The molecule has 0 spiro atoms. The lowest BCUT2D eigenvalue weighted by molar-refractivity contribution is -0.114. The molecule has 0 radical (unpaired) electrons. The van der Waals surface area contributed by atoms with Crippen LogP contribution in [0.5, 0.6) is 0 Å². The maximum absolute atomic E-state index is 10.9. The number of carbonyl (C=O) groups is 1. The standard InChI is InChI=1S/C12H15ClO/c1-8-4-9(2)6-11(5-8)7-10(3)12(13)14/h4-6,10H,7H2,1-3H3. The molecular formula is C12H15ClO. The Morgan fingerprint density at radius 1 is 1.29 bits per heavy atom. The highest BCUT2D eigenvalue weighted by molar-refractivity contribution is 6.63. The van der Waals surface area contributed by atoms with Crippen molar-refractivity contribution in [1.82, 2.24) is 0 Å². The lowest BCUT2D eigenvalue weighted by Crippen LogP contribution is -2.07. The minimum absolute atomic E-state index is 0.0992. The van der Waals surface area contributed by atoms with Crippen LogP contribution in [0, 0.1) is 19.8 Å². The molecule has 0 bridgehead atoms. The summed E-state index contributed by atoms with van der Waals surface area (Å²) < 4.78 is 0. The van der Waals surface area contributed by atoms with E-state index in [0.29, 0.717) is 0 Å². The molecule has 0 amide bonds. The van der Waals surface area contributed by atoms with Gasteiger partial charge < -0.3 is 0 Å². The summed E-state index contributed by atoms with van der Waals surface area (Å²) in [6, 6.07) is 6.32. The average Bonchev–Trinajstić information content (AvgIpc) is 2.01. The Labute approximate surface area is 90.1 Å². The average molecular weight is 211 g/mol. The van der Waals surface area contributed by atoms with Crippen molar-refractivity contribution < 1.29 is 4.79 Å². The Hall–Kier alpha value is -0.820. The summed E-state index contributed by atoms with van der Waals surface area (Å²) in [5.74, 6) is -0.0992. The zero-order valence-corrected chi connectivity index (χ0v) is 9.56. The fourth-order valence-electron chi connectivity index (χ4n) is 1.62. The Morgan fingerprint density at radius 3 is 2.21 bits per heavy atom. The zero-order chi connectivity index (χ0) is 10.7. The molecule has 2 heteroatoms. The summed E-state index contributed by atoms with van der Waals surface area (Å²) in [7, 11) is 0. The monoisotopic (exact) mass is 210 g/mol. The van der Waals surface area contributed by atoms with Crippen LogP contribution in [0.4, 0.5) is 0 Å². The van der Waals surface area contributed by atoms with Gasteiger partial charge in [-0.3, -0.25) is 4.79 Å². The molecule has 1 nitrogen and oxygen atoms in total. The van der Waals surface area contributed by atoms with E-state index >= 15 is 0 Å². The Kier molecular flexibility index (Phi) is 3.70. The van der Waals surface area contributed by atoms with E-state index in [1.807, 2.05) is 6.92 Å². The van der Waals surface area contributed by atoms with Gasteiger partial charge in [-0.1, -0.05) is 36.2 Å². The zero-order valence-electron chi connectivity index (χ0n) is 8.80. The minimum Gasteiger partial charge on any atom is -0.281 e. The number of benzene rings is 1. The molecule has 0 heterocycles. The maximum atomic E-state index is 10.9. The lowest BCUT2D eigenvalue weighted by Gasteiger charge is -2.08. The highest BCUT2D eigenvalue weighted by Gasteiger charge is 2.10. The summed E-state index contributed by atoms with van der Waals surface area (Å²) in [6.07, 6.45) is 0.727. The molecule has 1 aromatic rings. The van der Waals surface area contributed by atoms with Crippen LogP contribution in [0.3, 0.4) is 0 Å². The molecular weight excluding hydrogens is 196 g/mol. The van der Waals surface area contributed by atoms with Crippen LogP contribution in [0.1, 0.15) is 23.6 Å². The SMILES string of the molecule is Cc1cc(C)cc(CC(C)C(=O)Cl)c1. The topological polar surface area (TPSA) is 17.1 Å². The molecule has 0 aromatic heterocycles. The summed E-state index contributed by atoms with van der Waals surface area (Å²) in [5, 5.41) is -0.260. The van der Waals surface area contributed by atoms with Gasteiger partial charge >= 0.3 is 0 Å². The molecule has 1 atom stereocenters. The van der Waals surface area contributed by atoms with E-state index in [-0.39, 0.29) is 11.2 Å². The third-order valence-electron chi connectivity index (χ3n) is 2.21. The van der Waals surface area contributed by atoms with E-state index in [4.69, 9.17) is 11.6 Å². The smallest absolute Gasteiger partial charge is 0.224 e. The number of hydrogen-bond acceptors (Lipinski definition) is 1. The van der Waals surface area contributed by atoms with Crippen molar-refractivity contribution >= 4 is 16.8 Å². The van der Waals surface area contributed by atoms with Gasteiger partial charge in [-0.05, 0) is 37.4 Å². The van der Waals surface area contributed by atoms with E-state index in [0.717, 1.165) is 6.42 Å². The first-order chi connectivity index (χ1) is 6.49. The first kappa shape index (κ1) is 11.3. The molecule has 0 aliphatic rings. The van der Waals surface area contributed by atoms with E-state index in [1.54, 1.807) is 0 Å². The maximum Gasteiger partial charge on any atom is 0.224 e. The van der Waals surface area contributed by atoms with Crippen molar-refractivity contribution in [3.05, 3.63) is 34.9 Å². The quantitative estimate of drug-likeness (QED) is 0.700. The number of hydrogen-bond donors (Lipinski definition) is 0. The summed E-state index contributed by atoms with van der Waals surface area (Å²) in [6.45, 7) is 5.97. The molecule has 14 heavy (non-hydrogen) atoms. The molecule has 1 rings (SSSR count). The summed E-state index contributed by atoms with van der Waals surface area (Å²) >= 11 is 5.42. The first-order valence-corrected chi connectivity index (χ1v) is 5.13. The normalized spacial score (nSPS) is 12.6. The van der Waals surface area contributed by atoms with Gasteiger partial charge in [0.2, 0.25) is 5.24 Å². The molecule has 76 valence electrons. The minimum atomic E-state index is -0.260. The lowest BCUT2D eigenvalue weighted by atomic mass is 9.99. The van der Waals surface area contributed by atoms with Crippen molar-refractivity contribution in [2.75, 3.05) is 0 Å². The highest BCUT2D eigenvalue weighted by Crippen LogP contribution is 2.14. The van der Waals surface area contributed by atoms with Crippen LogP contribution >= 0.6 is 11.6 Å². The molecule has 0 aliphatic carbocycles. The Bertz CT molecular complexity index is 324. The molecule has 0 saturated carbocycles. The molecule has 0 N–H and O–H groups in total.